The van der Waals surface area contributed by atoms with E-state index in [-0.39, 0.29) is 11.3 Å². The molecule has 0 aliphatic heterocycles. The summed E-state index contributed by atoms with van der Waals surface area (Å²) in [6.45, 7) is 3.25. The molecule has 1 aromatic rings. The van der Waals surface area contributed by atoms with Crippen LogP contribution in [0.15, 0.2) is 24.3 Å². The number of nitrogens with two attached hydrogens (primary N) is 1. The summed E-state index contributed by atoms with van der Waals surface area (Å²) in [5.74, 6) is -1.14. The first kappa shape index (κ1) is 14.6. The van der Waals surface area contributed by atoms with Crippen molar-refractivity contribution in [3.8, 4) is 0 Å². The maximum Gasteiger partial charge on any atom is 0.269 e. The molecule has 3 N–H and O–H groups in total. The largest absolute Gasteiger partial charge is 0.368 e. The third-order valence-corrected chi connectivity index (χ3v) is 2.98. The van der Waals surface area contributed by atoms with Gasteiger partial charge in [0.2, 0.25) is 5.91 Å². The fourth-order valence-electron chi connectivity index (χ4n) is 1.38. The molecule has 7 heteroatoms. The van der Waals surface area contributed by atoms with Crippen LogP contribution in [0.5, 0.6) is 0 Å². The van der Waals surface area contributed by atoms with E-state index in [0.29, 0.717) is 6.42 Å². The number of primary amides is 1. The molecule has 0 fully saturated rings. The number of nitro groups is 1. The van der Waals surface area contributed by atoms with Crippen molar-refractivity contribution in [1.82, 2.24) is 5.32 Å². The highest BCUT2D eigenvalue weighted by Gasteiger charge is 2.31. The van der Waals surface area contributed by atoms with Crippen molar-refractivity contribution in [1.29, 1.82) is 0 Å². The summed E-state index contributed by atoms with van der Waals surface area (Å²) in [6.07, 6.45) is 0.348. The van der Waals surface area contributed by atoms with Crippen LogP contribution in [0, 0.1) is 10.1 Å². The van der Waals surface area contributed by atoms with Crippen LogP contribution >= 0.6 is 0 Å². The van der Waals surface area contributed by atoms with Gasteiger partial charge in [-0.3, -0.25) is 19.7 Å². The fourth-order valence-corrected chi connectivity index (χ4v) is 1.38. The normalized spacial score (nSPS) is 13.4. The molecular weight excluding hydrogens is 250 g/mol. The number of nitrogens with one attached hydrogen (secondary N) is 1. The molecule has 0 radical (unpaired) electrons. The van der Waals surface area contributed by atoms with Crippen molar-refractivity contribution in [2.45, 2.75) is 25.8 Å². The molecule has 0 unspecified atom stereocenters. The Kier molecular flexibility index (Phi) is 4.21. The summed E-state index contributed by atoms with van der Waals surface area (Å²) in [5.41, 5.74) is 4.21. The number of nitro benzene ring substituents is 1. The van der Waals surface area contributed by atoms with E-state index < -0.39 is 22.3 Å². The van der Waals surface area contributed by atoms with Gasteiger partial charge in [-0.1, -0.05) is 6.92 Å². The minimum absolute atomic E-state index is 0.107. The lowest BCUT2D eigenvalue weighted by Gasteiger charge is -2.25. The summed E-state index contributed by atoms with van der Waals surface area (Å²) >= 11 is 0. The van der Waals surface area contributed by atoms with Crippen LogP contribution in [-0.2, 0) is 4.79 Å². The Labute approximate surface area is 109 Å². The molecule has 0 spiro atoms. The molecule has 0 aromatic heterocycles. The van der Waals surface area contributed by atoms with Crippen molar-refractivity contribution in [2.75, 3.05) is 0 Å². The van der Waals surface area contributed by atoms with Crippen molar-refractivity contribution in [2.24, 2.45) is 5.73 Å². The van der Waals surface area contributed by atoms with Crippen LogP contribution in [0.4, 0.5) is 5.69 Å². The highest BCUT2D eigenvalue weighted by atomic mass is 16.6. The number of amides is 2. The maximum absolute atomic E-state index is 11.9. The number of hydrogen-bond acceptors (Lipinski definition) is 4. The van der Waals surface area contributed by atoms with Crippen molar-refractivity contribution < 1.29 is 14.5 Å². The molecule has 1 atom stereocenters. The van der Waals surface area contributed by atoms with Gasteiger partial charge in [0, 0.05) is 17.7 Å². The number of nitrogens with zero attached hydrogens (tertiary/aromatic N) is 1. The Morgan fingerprint density at radius 3 is 2.26 bits per heavy atom. The smallest absolute Gasteiger partial charge is 0.269 e. The van der Waals surface area contributed by atoms with E-state index >= 15 is 0 Å². The maximum atomic E-state index is 11.9. The van der Waals surface area contributed by atoms with Crippen LogP contribution in [0.2, 0.25) is 0 Å². The summed E-state index contributed by atoms with van der Waals surface area (Å²) in [5, 5.41) is 13.0. The molecule has 0 bridgehead atoms. The van der Waals surface area contributed by atoms with Crippen molar-refractivity contribution in [3.63, 3.8) is 0 Å². The van der Waals surface area contributed by atoms with E-state index in [9.17, 15) is 19.7 Å². The first-order valence-corrected chi connectivity index (χ1v) is 5.67. The molecule has 2 amide bonds. The molecule has 0 saturated heterocycles. The van der Waals surface area contributed by atoms with Crippen LogP contribution in [0.3, 0.4) is 0 Å². The Bertz CT molecular complexity index is 512. The lowest BCUT2D eigenvalue weighted by atomic mass is 9.97. The summed E-state index contributed by atoms with van der Waals surface area (Å²) in [7, 11) is 0. The molecule has 1 rings (SSSR count). The minimum Gasteiger partial charge on any atom is -0.368 e. The summed E-state index contributed by atoms with van der Waals surface area (Å²) < 4.78 is 0. The van der Waals surface area contributed by atoms with Crippen LogP contribution in [-0.4, -0.2) is 22.3 Å². The zero-order valence-electron chi connectivity index (χ0n) is 10.7. The van der Waals surface area contributed by atoms with Gasteiger partial charge in [-0.25, -0.2) is 0 Å². The second kappa shape index (κ2) is 5.47. The summed E-state index contributed by atoms with van der Waals surface area (Å²) in [6, 6.07) is 5.10. The average molecular weight is 265 g/mol. The van der Waals surface area contributed by atoms with Crippen molar-refractivity contribution in [3.05, 3.63) is 39.9 Å². The number of rotatable bonds is 5. The highest BCUT2D eigenvalue weighted by Crippen LogP contribution is 2.14. The average Bonchev–Trinajstić information content (AvgIpc) is 2.38. The molecule has 19 heavy (non-hydrogen) atoms. The highest BCUT2D eigenvalue weighted by molar-refractivity contribution is 5.98. The van der Waals surface area contributed by atoms with Crippen LogP contribution in [0.1, 0.15) is 30.6 Å². The number of benzene rings is 1. The first-order chi connectivity index (χ1) is 8.80. The second-order valence-corrected chi connectivity index (χ2v) is 4.31. The van der Waals surface area contributed by atoms with E-state index in [1.807, 2.05) is 0 Å². The van der Waals surface area contributed by atoms with Gasteiger partial charge >= 0.3 is 0 Å². The minimum atomic E-state index is -1.14. The lowest BCUT2D eigenvalue weighted by molar-refractivity contribution is -0.384. The Morgan fingerprint density at radius 1 is 1.37 bits per heavy atom. The molecular formula is C12H15N3O4. The zero-order chi connectivity index (χ0) is 14.6. The van der Waals surface area contributed by atoms with E-state index in [1.165, 1.54) is 31.2 Å². The van der Waals surface area contributed by atoms with Gasteiger partial charge in [-0.2, -0.15) is 0 Å². The lowest BCUT2D eigenvalue weighted by Crippen LogP contribution is -2.54. The van der Waals surface area contributed by atoms with Gasteiger partial charge in [-0.15, -0.1) is 0 Å². The third kappa shape index (κ3) is 3.27. The predicted molar refractivity (Wildman–Crippen MR) is 68.5 cm³/mol. The predicted octanol–water partition coefficient (Wildman–Crippen LogP) is 0.979. The van der Waals surface area contributed by atoms with Crippen LogP contribution < -0.4 is 11.1 Å². The fraction of sp³-hybridized carbons (Fsp3) is 0.333. The third-order valence-electron chi connectivity index (χ3n) is 2.98. The van der Waals surface area contributed by atoms with E-state index in [0.717, 1.165) is 0 Å². The van der Waals surface area contributed by atoms with Gasteiger partial charge < -0.3 is 11.1 Å². The van der Waals surface area contributed by atoms with Gasteiger partial charge in [0.05, 0.1) is 4.92 Å². The molecule has 1 aromatic carbocycles. The van der Waals surface area contributed by atoms with Gasteiger partial charge in [0.1, 0.15) is 5.54 Å². The van der Waals surface area contributed by atoms with Gasteiger partial charge in [-0.05, 0) is 25.5 Å². The second-order valence-electron chi connectivity index (χ2n) is 4.31. The Hall–Kier alpha value is -2.44. The molecule has 0 saturated carbocycles. The number of carbonyl (C=O) groups is 2. The van der Waals surface area contributed by atoms with Crippen LogP contribution in [0.25, 0.3) is 0 Å². The number of hydrogen-bond donors (Lipinski definition) is 2. The van der Waals surface area contributed by atoms with Crippen molar-refractivity contribution >= 4 is 17.5 Å². The number of carbonyl (C=O) groups excluding carboxylic acids is 2. The molecule has 0 heterocycles. The van der Waals surface area contributed by atoms with Gasteiger partial charge in [0.25, 0.3) is 11.6 Å². The quantitative estimate of drug-likeness (QED) is 0.609. The molecule has 0 aliphatic rings. The first-order valence-electron chi connectivity index (χ1n) is 5.67. The van der Waals surface area contributed by atoms with E-state index in [2.05, 4.69) is 5.32 Å². The zero-order valence-corrected chi connectivity index (χ0v) is 10.7. The molecule has 102 valence electrons. The van der Waals surface area contributed by atoms with Gasteiger partial charge in [0.15, 0.2) is 0 Å². The monoisotopic (exact) mass is 265 g/mol. The Morgan fingerprint density at radius 2 is 1.89 bits per heavy atom. The van der Waals surface area contributed by atoms with E-state index in [4.69, 9.17) is 5.73 Å². The SMILES string of the molecule is CC[C@@](C)(NC(=O)c1ccc([N+](=O)[O-])cc1)C(N)=O. The topological polar surface area (TPSA) is 115 Å². The summed E-state index contributed by atoms with van der Waals surface area (Å²) in [4.78, 5) is 33.1. The molecule has 7 nitrogen and oxygen atoms in total. The Balaban J connectivity index is 2.89. The standard InChI is InChI=1S/C12H15N3O4/c1-3-12(2,11(13)17)14-10(16)8-4-6-9(7-5-8)15(18)19/h4-7H,3H2,1-2H3,(H2,13,17)(H,14,16)/t12-/m1/s1. The number of non-ortho nitro benzene ring substituents is 1. The van der Waals surface area contributed by atoms with E-state index in [1.54, 1.807) is 6.92 Å². The molecule has 0 aliphatic carbocycles.